The monoisotopic (exact) mass is 245 g/mol. The molecule has 0 aliphatic heterocycles. The van der Waals surface area contributed by atoms with E-state index in [9.17, 15) is 0 Å². The number of imidazole rings is 1. The highest BCUT2D eigenvalue weighted by Gasteiger charge is 2.00. The van der Waals surface area contributed by atoms with Gasteiger partial charge in [-0.1, -0.05) is 18.2 Å². The smallest absolute Gasteiger partial charge is 0.123 e. The largest absolute Gasteiger partial charge is 0.496 e. The average molecular weight is 245 g/mol. The van der Waals surface area contributed by atoms with E-state index in [0.29, 0.717) is 0 Å². The lowest BCUT2D eigenvalue weighted by Crippen LogP contribution is -2.16. The Morgan fingerprint density at radius 1 is 1.33 bits per heavy atom. The molecule has 0 amide bonds. The fraction of sp³-hybridized carbons (Fsp3) is 0.357. The molecular weight excluding hydrogens is 226 g/mol. The predicted octanol–water partition coefficient (Wildman–Crippen LogP) is 2.14. The number of aromatic amines is 1. The highest BCUT2D eigenvalue weighted by molar-refractivity contribution is 5.32. The van der Waals surface area contributed by atoms with Gasteiger partial charge >= 0.3 is 0 Å². The minimum Gasteiger partial charge on any atom is -0.496 e. The normalized spacial score (nSPS) is 10.5. The molecule has 0 aliphatic rings. The van der Waals surface area contributed by atoms with E-state index in [-0.39, 0.29) is 0 Å². The Morgan fingerprint density at radius 2 is 2.22 bits per heavy atom. The van der Waals surface area contributed by atoms with Crippen LogP contribution in [0.2, 0.25) is 0 Å². The molecular formula is C14H19N3O. The maximum Gasteiger partial charge on any atom is 0.123 e. The Bertz CT molecular complexity index is 454. The molecule has 0 aliphatic carbocycles. The van der Waals surface area contributed by atoms with Crippen LogP contribution in [0.25, 0.3) is 0 Å². The number of benzene rings is 1. The van der Waals surface area contributed by atoms with Crippen LogP contribution < -0.4 is 10.1 Å². The first-order valence-electron chi connectivity index (χ1n) is 6.21. The molecule has 1 aromatic carbocycles. The fourth-order valence-electron chi connectivity index (χ4n) is 1.89. The molecule has 2 aromatic rings. The van der Waals surface area contributed by atoms with Gasteiger partial charge < -0.3 is 15.0 Å². The second-order valence-corrected chi connectivity index (χ2v) is 4.13. The molecule has 0 saturated heterocycles. The van der Waals surface area contributed by atoms with E-state index < -0.39 is 0 Å². The second-order valence-electron chi connectivity index (χ2n) is 4.13. The fourth-order valence-corrected chi connectivity index (χ4v) is 1.89. The molecule has 0 radical (unpaired) electrons. The topological polar surface area (TPSA) is 49.9 Å². The summed E-state index contributed by atoms with van der Waals surface area (Å²) >= 11 is 0. The van der Waals surface area contributed by atoms with Gasteiger partial charge in [-0.05, 0) is 19.0 Å². The number of rotatable bonds is 7. The van der Waals surface area contributed by atoms with Crippen molar-refractivity contribution in [2.75, 3.05) is 13.7 Å². The van der Waals surface area contributed by atoms with Gasteiger partial charge in [-0.2, -0.15) is 0 Å². The molecule has 18 heavy (non-hydrogen) atoms. The summed E-state index contributed by atoms with van der Waals surface area (Å²) in [4.78, 5) is 7.30. The Hall–Kier alpha value is -1.81. The van der Waals surface area contributed by atoms with Crippen LogP contribution in [0.4, 0.5) is 0 Å². The number of H-pyrrole nitrogens is 1. The summed E-state index contributed by atoms with van der Waals surface area (Å²) in [6.45, 7) is 1.81. The van der Waals surface area contributed by atoms with Crippen LogP contribution in [0.5, 0.6) is 5.75 Å². The summed E-state index contributed by atoms with van der Waals surface area (Å²) < 4.78 is 5.31. The number of para-hydroxylation sites is 1. The molecule has 96 valence electrons. The number of aryl methyl sites for hydroxylation is 1. The summed E-state index contributed by atoms with van der Waals surface area (Å²) in [5, 5.41) is 3.42. The first-order chi connectivity index (χ1) is 8.90. The van der Waals surface area contributed by atoms with E-state index in [1.807, 2.05) is 24.4 Å². The Labute approximate surface area is 107 Å². The summed E-state index contributed by atoms with van der Waals surface area (Å²) in [6, 6.07) is 8.08. The van der Waals surface area contributed by atoms with E-state index in [0.717, 1.165) is 37.5 Å². The Kier molecular flexibility index (Phi) is 4.78. The molecule has 0 bridgehead atoms. The number of hydrogen-bond donors (Lipinski definition) is 2. The summed E-state index contributed by atoms with van der Waals surface area (Å²) in [5.41, 5.74) is 1.19. The Morgan fingerprint density at radius 3 is 3.00 bits per heavy atom. The SMILES string of the molecule is COc1ccccc1CNCCCc1ncc[nH]1. The lowest BCUT2D eigenvalue weighted by molar-refractivity contribution is 0.407. The van der Waals surface area contributed by atoms with Crippen LogP contribution in [0.3, 0.4) is 0 Å². The van der Waals surface area contributed by atoms with Crippen LogP contribution in [-0.4, -0.2) is 23.6 Å². The van der Waals surface area contributed by atoms with E-state index >= 15 is 0 Å². The molecule has 2 N–H and O–H groups in total. The van der Waals surface area contributed by atoms with Crippen LogP contribution in [-0.2, 0) is 13.0 Å². The summed E-state index contributed by atoms with van der Waals surface area (Å²) in [7, 11) is 1.70. The van der Waals surface area contributed by atoms with Crippen LogP contribution in [0.1, 0.15) is 17.8 Å². The lowest BCUT2D eigenvalue weighted by atomic mass is 10.2. The first kappa shape index (κ1) is 12.6. The number of ether oxygens (including phenoxy) is 1. The van der Waals surface area contributed by atoms with Gasteiger partial charge in [0.2, 0.25) is 0 Å². The number of methoxy groups -OCH3 is 1. The van der Waals surface area contributed by atoms with E-state index in [1.165, 1.54) is 5.56 Å². The summed E-state index contributed by atoms with van der Waals surface area (Å²) in [6.07, 6.45) is 5.70. The third-order valence-corrected chi connectivity index (χ3v) is 2.83. The highest BCUT2D eigenvalue weighted by Crippen LogP contribution is 2.16. The molecule has 0 atom stereocenters. The van der Waals surface area contributed by atoms with Gasteiger partial charge in [-0.3, -0.25) is 0 Å². The van der Waals surface area contributed by atoms with Gasteiger partial charge in [0.25, 0.3) is 0 Å². The van der Waals surface area contributed by atoms with Crippen molar-refractivity contribution in [2.24, 2.45) is 0 Å². The zero-order chi connectivity index (χ0) is 12.6. The summed E-state index contributed by atoms with van der Waals surface area (Å²) in [5.74, 6) is 1.99. The predicted molar refractivity (Wildman–Crippen MR) is 71.6 cm³/mol. The Balaban J connectivity index is 1.69. The average Bonchev–Trinajstić information content (AvgIpc) is 2.92. The standard InChI is InChI=1S/C14H19N3O/c1-18-13-6-3-2-5-12(13)11-15-8-4-7-14-16-9-10-17-14/h2-3,5-6,9-10,15H,4,7-8,11H2,1H3,(H,16,17). The molecule has 4 nitrogen and oxygen atoms in total. The molecule has 2 rings (SSSR count). The number of aromatic nitrogens is 2. The molecule has 4 heteroatoms. The zero-order valence-corrected chi connectivity index (χ0v) is 10.6. The third kappa shape index (κ3) is 3.60. The van der Waals surface area contributed by atoms with Crippen molar-refractivity contribution in [2.45, 2.75) is 19.4 Å². The van der Waals surface area contributed by atoms with Crippen molar-refractivity contribution in [1.29, 1.82) is 0 Å². The highest BCUT2D eigenvalue weighted by atomic mass is 16.5. The van der Waals surface area contributed by atoms with Gasteiger partial charge in [-0.15, -0.1) is 0 Å². The molecule has 0 unspecified atom stereocenters. The van der Waals surface area contributed by atoms with Crippen molar-refractivity contribution in [3.8, 4) is 5.75 Å². The van der Waals surface area contributed by atoms with Gasteiger partial charge in [-0.25, -0.2) is 4.98 Å². The van der Waals surface area contributed by atoms with Crippen molar-refractivity contribution in [3.63, 3.8) is 0 Å². The number of nitrogens with one attached hydrogen (secondary N) is 2. The first-order valence-corrected chi connectivity index (χ1v) is 6.21. The van der Waals surface area contributed by atoms with E-state index in [1.54, 1.807) is 13.3 Å². The van der Waals surface area contributed by atoms with Crippen LogP contribution >= 0.6 is 0 Å². The molecule has 0 fully saturated rings. The van der Waals surface area contributed by atoms with Gasteiger partial charge in [0.05, 0.1) is 7.11 Å². The maximum atomic E-state index is 5.31. The second kappa shape index (κ2) is 6.81. The number of hydrogen-bond acceptors (Lipinski definition) is 3. The molecule has 1 heterocycles. The van der Waals surface area contributed by atoms with E-state index in [2.05, 4.69) is 21.4 Å². The van der Waals surface area contributed by atoms with Gasteiger partial charge in [0.1, 0.15) is 11.6 Å². The van der Waals surface area contributed by atoms with E-state index in [4.69, 9.17) is 4.74 Å². The van der Waals surface area contributed by atoms with Crippen LogP contribution in [0, 0.1) is 0 Å². The zero-order valence-electron chi connectivity index (χ0n) is 10.6. The maximum absolute atomic E-state index is 5.31. The van der Waals surface area contributed by atoms with Gasteiger partial charge in [0.15, 0.2) is 0 Å². The van der Waals surface area contributed by atoms with Crippen LogP contribution in [0.15, 0.2) is 36.7 Å². The molecule has 1 aromatic heterocycles. The minimum atomic E-state index is 0.835. The van der Waals surface area contributed by atoms with Crippen molar-refractivity contribution in [1.82, 2.24) is 15.3 Å². The molecule has 0 spiro atoms. The third-order valence-electron chi connectivity index (χ3n) is 2.83. The minimum absolute atomic E-state index is 0.835. The van der Waals surface area contributed by atoms with Gasteiger partial charge in [0, 0.05) is 30.9 Å². The quantitative estimate of drug-likeness (QED) is 0.735. The van der Waals surface area contributed by atoms with Crippen molar-refractivity contribution >= 4 is 0 Å². The molecule has 0 saturated carbocycles. The number of nitrogens with zero attached hydrogens (tertiary/aromatic N) is 1. The lowest BCUT2D eigenvalue weighted by Gasteiger charge is -2.09. The van der Waals surface area contributed by atoms with Crippen molar-refractivity contribution in [3.05, 3.63) is 48.0 Å². The van der Waals surface area contributed by atoms with Crippen molar-refractivity contribution < 1.29 is 4.74 Å².